The zero-order chi connectivity index (χ0) is 10.7. The molecular formula is C12H12NO2. The molecule has 1 aromatic heterocycles. The number of para-hydroxylation sites is 1. The van der Waals surface area contributed by atoms with Crippen molar-refractivity contribution in [2.45, 2.75) is 6.42 Å². The average molecular weight is 202 g/mol. The first kappa shape index (κ1) is 9.93. The molecule has 15 heavy (non-hydrogen) atoms. The fourth-order valence-corrected chi connectivity index (χ4v) is 1.64. The minimum Gasteiger partial charge on any atom is -0.481 e. The SMILES string of the molecule is COc1cc(CC[O])c2ccccc2n1. The predicted molar refractivity (Wildman–Crippen MR) is 57.6 cm³/mol. The van der Waals surface area contributed by atoms with Crippen LogP contribution < -0.4 is 4.74 Å². The molecule has 3 heteroatoms. The Balaban J connectivity index is 2.63. The van der Waals surface area contributed by atoms with Crippen LogP contribution in [0.3, 0.4) is 0 Å². The number of nitrogens with zero attached hydrogens (tertiary/aromatic N) is 1. The van der Waals surface area contributed by atoms with Crippen LogP contribution in [0.2, 0.25) is 0 Å². The summed E-state index contributed by atoms with van der Waals surface area (Å²) in [6, 6.07) is 9.61. The molecule has 0 fully saturated rings. The average Bonchev–Trinajstić information content (AvgIpc) is 2.29. The Morgan fingerprint density at radius 1 is 1.33 bits per heavy atom. The molecule has 0 aliphatic heterocycles. The molecule has 0 saturated heterocycles. The van der Waals surface area contributed by atoms with E-state index in [-0.39, 0.29) is 6.61 Å². The number of ether oxygens (including phenoxy) is 1. The number of fused-ring (bicyclic) bond motifs is 1. The molecule has 0 atom stereocenters. The number of methoxy groups -OCH3 is 1. The van der Waals surface area contributed by atoms with Crippen molar-refractivity contribution in [1.82, 2.24) is 4.98 Å². The highest BCUT2D eigenvalue weighted by Crippen LogP contribution is 2.21. The second kappa shape index (κ2) is 4.28. The van der Waals surface area contributed by atoms with Crippen molar-refractivity contribution >= 4 is 10.9 Å². The molecule has 0 aliphatic carbocycles. The highest BCUT2D eigenvalue weighted by Gasteiger charge is 2.04. The molecule has 0 aliphatic rings. The summed E-state index contributed by atoms with van der Waals surface area (Å²) >= 11 is 0. The van der Waals surface area contributed by atoms with Gasteiger partial charge in [0.05, 0.1) is 19.2 Å². The fourth-order valence-electron chi connectivity index (χ4n) is 1.64. The number of aromatic nitrogens is 1. The monoisotopic (exact) mass is 202 g/mol. The molecule has 2 aromatic rings. The fraction of sp³-hybridized carbons (Fsp3) is 0.250. The van der Waals surface area contributed by atoms with Crippen molar-refractivity contribution in [2.24, 2.45) is 0 Å². The first-order chi connectivity index (χ1) is 7.35. The lowest BCUT2D eigenvalue weighted by atomic mass is 10.1. The third kappa shape index (κ3) is 1.92. The zero-order valence-corrected chi connectivity index (χ0v) is 8.56. The van der Waals surface area contributed by atoms with Gasteiger partial charge in [0.15, 0.2) is 0 Å². The van der Waals surface area contributed by atoms with E-state index < -0.39 is 0 Å². The molecule has 2 rings (SSSR count). The third-order valence-electron chi connectivity index (χ3n) is 2.36. The highest BCUT2D eigenvalue weighted by molar-refractivity contribution is 5.82. The Bertz CT molecular complexity index is 468. The maximum Gasteiger partial charge on any atom is 0.213 e. The Morgan fingerprint density at radius 3 is 2.87 bits per heavy atom. The quantitative estimate of drug-likeness (QED) is 0.765. The molecule has 1 heterocycles. The summed E-state index contributed by atoms with van der Waals surface area (Å²) < 4.78 is 5.10. The van der Waals surface area contributed by atoms with Gasteiger partial charge in [-0.25, -0.2) is 10.1 Å². The topological polar surface area (TPSA) is 42.0 Å². The van der Waals surface area contributed by atoms with Gasteiger partial charge in [0.1, 0.15) is 0 Å². The van der Waals surface area contributed by atoms with E-state index in [2.05, 4.69) is 4.98 Å². The van der Waals surface area contributed by atoms with Crippen LogP contribution in [0.25, 0.3) is 10.9 Å². The molecule has 1 aromatic carbocycles. The first-order valence-electron chi connectivity index (χ1n) is 4.86. The van der Waals surface area contributed by atoms with Crippen molar-refractivity contribution in [3.8, 4) is 5.88 Å². The van der Waals surface area contributed by atoms with Crippen LogP contribution in [0.4, 0.5) is 0 Å². The second-order valence-electron chi connectivity index (χ2n) is 3.30. The summed E-state index contributed by atoms with van der Waals surface area (Å²) in [6.45, 7) is -0.114. The Kier molecular flexibility index (Phi) is 2.83. The summed E-state index contributed by atoms with van der Waals surface area (Å²) in [5.74, 6) is 0.567. The van der Waals surface area contributed by atoms with Gasteiger partial charge in [0.2, 0.25) is 5.88 Å². The van der Waals surface area contributed by atoms with Crippen LogP contribution in [-0.2, 0) is 11.5 Å². The Hall–Kier alpha value is -1.61. The number of pyridine rings is 1. The van der Waals surface area contributed by atoms with Gasteiger partial charge in [-0.2, -0.15) is 0 Å². The van der Waals surface area contributed by atoms with Crippen LogP contribution in [0.1, 0.15) is 5.56 Å². The van der Waals surface area contributed by atoms with Gasteiger partial charge in [-0.05, 0) is 18.1 Å². The maximum atomic E-state index is 10.7. The zero-order valence-electron chi connectivity index (χ0n) is 8.56. The van der Waals surface area contributed by atoms with E-state index in [1.165, 1.54) is 0 Å². The van der Waals surface area contributed by atoms with E-state index in [1.807, 2.05) is 30.3 Å². The van der Waals surface area contributed by atoms with Crippen molar-refractivity contribution in [3.05, 3.63) is 35.9 Å². The predicted octanol–water partition coefficient (Wildman–Crippen LogP) is 2.22. The largest absolute Gasteiger partial charge is 0.481 e. The molecule has 0 bridgehead atoms. The van der Waals surface area contributed by atoms with E-state index in [0.29, 0.717) is 12.3 Å². The van der Waals surface area contributed by atoms with Crippen molar-refractivity contribution in [3.63, 3.8) is 0 Å². The van der Waals surface area contributed by atoms with E-state index >= 15 is 0 Å². The molecule has 3 nitrogen and oxygen atoms in total. The molecule has 0 spiro atoms. The van der Waals surface area contributed by atoms with Gasteiger partial charge >= 0.3 is 0 Å². The molecule has 0 unspecified atom stereocenters. The first-order valence-corrected chi connectivity index (χ1v) is 4.86. The van der Waals surface area contributed by atoms with Gasteiger partial charge in [-0.1, -0.05) is 18.2 Å². The minimum absolute atomic E-state index is 0.114. The van der Waals surface area contributed by atoms with Gasteiger partial charge < -0.3 is 4.74 Å². The summed E-state index contributed by atoms with van der Waals surface area (Å²) in [5, 5.41) is 11.7. The van der Waals surface area contributed by atoms with Gasteiger partial charge in [0, 0.05) is 11.5 Å². The van der Waals surface area contributed by atoms with Gasteiger partial charge in [0.25, 0.3) is 0 Å². The number of hydrogen-bond acceptors (Lipinski definition) is 2. The van der Waals surface area contributed by atoms with E-state index in [0.717, 1.165) is 16.5 Å². The maximum absolute atomic E-state index is 10.7. The van der Waals surface area contributed by atoms with Crippen molar-refractivity contribution in [1.29, 1.82) is 0 Å². The third-order valence-corrected chi connectivity index (χ3v) is 2.36. The lowest BCUT2D eigenvalue weighted by molar-refractivity contribution is 0.197. The van der Waals surface area contributed by atoms with Crippen LogP contribution in [0.15, 0.2) is 30.3 Å². The van der Waals surface area contributed by atoms with E-state index in [9.17, 15) is 5.11 Å². The number of hydrogen-bond donors (Lipinski definition) is 0. The van der Waals surface area contributed by atoms with Crippen molar-refractivity contribution in [2.75, 3.05) is 13.7 Å². The molecule has 0 saturated carbocycles. The minimum atomic E-state index is -0.114. The van der Waals surface area contributed by atoms with Gasteiger partial charge in [-0.15, -0.1) is 0 Å². The number of rotatable bonds is 3. The molecule has 0 amide bonds. The standard InChI is InChI=1S/C12H12NO2/c1-15-12-8-9(6-7-14)10-4-2-3-5-11(10)13-12/h2-5,8H,6-7H2,1H3. The Morgan fingerprint density at radius 2 is 2.13 bits per heavy atom. The molecule has 77 valence electrons. The van der Waals surface area contributed by atoms with Crippen LogP contribution in [0.5, 0.6) is 5.88 Å². The van der Waals surface area contributed by atoms with Crippen LogP contribution >= 0.6 is 0 Å². The normalized spacial score (nSPS) is 10.5. The van der Waals surface area contributed by atoms with Crippen LogP contribution in [0, 0.1) is 0 Å². The summed E-state index contributed by atoms with van der Waals surface area (Å²) in [4.78, 5) is 4.31. The second-order valence-corrected chi connectivity index (χ2v) is 3.30. The molecule has 1 radical (unpaired) electrons. The number of benzene rings is 1. The smallest absolute Gasteiger partial charge is 0.213 e. The summed E-state index contributed by atoms with van der Waals surface area (Å²) in [5.41, 5.74) is 1.88. The van der Waals surface area contributed by atoms with E-state index in [1.54, 1.807) is 7.11 Å². The van der Waals surface area contributed by atoms with Gasteiger partial charge in [-0.3, -0.25) is 0 Å². The Labute approximate surface area is 88.3 Å². The summed E-state index contributed by atoms with van der Waals surface area (Å²) in [7, 11) is 1.58. The van der Waals surface area contributed by atoms with Crippen molar-refractivity contribution < 1.29 is 9.84 Å². The lowest BCUT2D eigenvalue weighted by Gasteiger charge is -2.06. The highest BCUT2D eigenvalue weighted by atomic mass is 16.5. The lowest BCUT2D eigenvalue weighted by Crippen LogP contribution is -1.95. The summed E-state index contributed by atoms with van der Waals surface area (Å²) in [6.07, 6.45) is 0.513. The molecule has 0 N–H and O–H groups in total. The van der Waals surface area contributed by atoms with Crippen LogP contribution in [-0.4, -0.2) is 18.7 Å². The van der Waals surface area contributed by atoms with E-state index in [4.69, 9.17) is 4.74 Å². The molecular weight excluding hydrogens is 190 g/mol.